The van der Waals surface area contributed by atoms with Gasteiger partial charge < -0.3 is 15.3 Å². The van der Waals surface area contributed by atoms with Gasteiger partial charge in [0.15, 0.2) is 0 Å². The van der Waals surface area contributed by atoms with E-state index >= 15 is 0 Å². The van der Waals surface area contributed by atoms with E-state index in [1.807, 2.05) is 0 Å². The molecule has 1 aliphatic rings. The summed E-state index contributed by atoms with van der Waals surface area (Å²) in [6.45, 7) is -0.172. The van der Waals surface area contributed by atoms with Gasteiger partial charge in [0.25, 0.3) is 0 Å². The van der Waals surface area contributed by atoms with Gasteiger partial charge in [-0.3, -0.25) is 4.79 Å². The fourth-order valence-electron chi connectivity index (χ4n) is 1.81. The Morgan fingerprint density at radius 3 is 2.69 bits per heavy atom. The number of Topliss-reactive ketones (excluding diaryl/α,β-unsaturated/α-hetero) is 1. The minimum atomic E-state index is -0.709. The largest absolute Gasteiger partial charge is 0.396 e. The first kappa shape index (κ1) is 17.3. The van der Waals surface area contributed by atoms with Crippen LogP contribution in [0.15, 0.2) is 0 Å². The van der Waals surface area contributed by atoms with Gasteiger partial charge in [0.05, 0.1) is 12.7 Å². The van der Waals surface area contributed by atoms with E-state index in [0.29, 0.717) is 17.9 Å². The van der Waals surface area contributed by atoms with E-state index in [4.69, 9.17) is 15.3 Å². The summed E-state index contributed by atoms with van der Waals surface area (Å²) in [5.74, 6) is 1.33. The van der Waals surface area contributed by atoms with Crippen LogP contribution in [0.5, 0.6) is 0 Å². The third kappa shape index (κ3) is 5.33. The van der Waals surface area contributed by atoms with E-state index in [9.17, 15) is 4.79 Å². The number of thioether (sulfide) groups is 1. The molecule has 3 N–H and O–H groups in total. The van der Waals surface area contributed by atoms with Crippen LogP contribution in [0.4, 0.5) is 0 Å². The second-order valence-corrected chi connectivity index (χ2v) is 5.00. The summed E-state index contributed by atoms with van der Waals surface area (Å²) in [5, 5.41) is 26.8. The maximum Gasteiger partial charge on any atom is 0.137 e. The van der Waals surface area contributed by atoms with Gasteiger partial charge >= 0.3 is 0 Å². The summed E-state index contributed by atoms with van der Waals surface area (Å²) in [5.41, 5.74) is 0. The first-order chi connectivity index (χ1) is 7.19. The zero-order valence-electron chi connectivity index (χ0n) is 9.21. The van der Waals surface area contributed by atoms with Crippen LogP contribution in [0.2, 0.25) is 0 Å². The predicted molar refractivity (Wildman–Crippen MR) is 58.7 cm³/mol. The standard InChI is InChI=1S/C10H18O4S.Ac/c11-3-7-1-2-10(14)9(7)6-15-5-8(13)4-12;/h7-9,11-13H,1-6H2;/t7-,8?,9-;/m0./s1. The summed E-state index contributed by atoms with van der Waals surface area (Å²) in [4.78, 5) is 11.5. The molecule has 0 heterocycles. The molecule has 4 nitrogen and oxygen atoms in total. The van der Waals surface area contributed by atoms with Gasteiger partial charge in [-0.2, -0.15) is 11.8 Å². The molecule has 0 aromatic heterocycles. The molecule has 0 aromatic rings. The quantitative estimate of drug-likeness (QED) is 0.505. The van der Waals surface area contributed by atoms with Gasteiger partial charge in [0.2, 0.25) is 0 Å². The van der Waals surface area contributed by atoms with Crippen molar-refractivity contribution in [2.75, 3.05) is 24.7 Å². The van der Waals surface area contributed by atoms with E-state index in [0.717, 1.165) is 6.42 Å². The molecular formula is C10H18AcO4S. The average Bonchev–Trinajstić information content (AvgIpc) is 2.60. The number of ketones is 1. The van der Waals surface area contributed by atoms with Crippen molar-refractivity contribution in [3.8, 4) is 0 Å². The van der Waals surface area contributed by atoms with Crippen LogP contribution in [0.3, 0.4) is 0 Å². The number of hydrogen-bond donors (Lipinski definition) is 3. The van der Waals surface area contributed by atoms with Crippen LogP contribution in [-0.4, -0.2) is 51.9 Å². The topological polar surface area (TPSA) is 77.8 Å². The average molecular weight is 461 g/mol. The summed E-state index contributed by atoms with van der Waals surface area (Å²) >= 11 is 1.46. The van der Waals surface area contributed by atoms with Crippen molar-refractivity contribution in [1.82, 2.24) is 0 Å². The second-order valence-electron chi connectivity index (χ2n) is 3.93. The molecule has 6 heteroatoms. The van der Waals surface area contributed by atoms with E-state index in [1.165, 1.54) is 11.8 Å². The maximum absolute atomic E-state index is 11.5. The van der Waals surface area contributed by atoms with Crippen LogP contribution in [-0.2, 0) is 4.79 Å². The fourth-order valence-corrected chi connectivity index (χ4v) is 3.03. The van der Waals surface area contributed by atoms with Crippen molar-refractivity contribution in [3.63, 3.8) is 0 Å². The number of hydrogen-bond acceptors (Lipinski definition) is 5. The van der Waals surface area contributed by atoms with Gasteiger partial charge in [-0.15, -0.1) is 0 Å². The van der Waals surface area contributed by atoms with Crippen molar-refractivity contribution in [2.45, 2.75) is 18.9 Å². The minimum absolute atomic E-state index is 0. The number of carbonyl (C=O) groups excluding carboxylic acids is 1. The summed E-state index contributed by atoms with van der Waals surface area (Å²) in [7, 11) is 0. The summed E-state index contributed by atoms with van der Waals surface area (Å²) < 4.78 is 0. The zero-order chi connectivity index (χ0) is 11.3. The molecule has 16 heavy (non-hydrogen) atoms. The van der Waals surface area contributed by atoms with Crippen molar-refractivity contribution < 1.29 is 64.2 Å². The second kappa shape index (κ2) is 9.30. The molecular weight excluding hydrogens is 443 g/mol. The van der Waals surface area contributed by atoms with Gasteiger partial charge in [0.1, 0.15) is 5.78 Å². The Hall–Kier alpha value is 1.34. The molecule has 0 bridgehead atoms. The molecule has 0 aromatic carbocycles. The van der Waals surface area contributed by atoms with E-state index in [1.54, 1.807) is 0 Å². The molecule has 91 valence electrons. The molecule has 0 amide bonds. The molecule has 1 fully saturated rings. The number of aliphatic hydroxyl groups excluding tert-OH is 3. The summed E-state index contributed by atoms with van der Waals surface area (Å²) in [6, 6.07) is 0. The fraction of sp³-hybridized carbons (Fsp3) is 0.900. The molecule has 0 saturated heterocycles. The van der Waals surface area contributed by atoms with Crippen LogP contribution >= 0.6 is 11.8 Å². The van der Waals surface area contributed by atoms with Gasteiger partial charge in [0, 0.05) is 74.5 Å². The minimum Gasteiger partial charge on any atom is -0.396 e. The normalized spacial score (nSPS) is 26.6. The van der Waals surface area contributed by atoms with Crippen LogP contribution < -0.4 is 0 Å². The molecule has 3 atom stereocenters. The molecule has 1 aliphatic carbocycles. The van der Waals surface area contributed by atoms with Gasteiger partial charge in [-0.1, -0.05) is 0 Å². The van der Waals surface area contributed by atoms with Gasteiger partial charge in [-0.25, -0.2) is 0 Å². The molecule has 1 unspecified atom stereocenters. The van der Waals surface area contributed by atoms with E-state index in [2.05, 4.69) is 0 Å². The van der Waals surface area contributed by atoms with Gasteiger partial charge in [-0.05, 0) is 12.3 Å². The predicted octanol–water partition coefficient (Wildman–Crippen LogP) is -0.340. The smallest absolute Gasteiger partial charge is 0.137 e. The Morgan fingerprint density at radius 1 is 1.44 bits per heavy atom. The molecule has 1 saturated carbocycles. The Balaban J connectivity index is 0.00000225. The Bertz CT molecular complexity index is 215. The molecule has 0 spiro atoms. The molecule has 1 rings (SSSR count). The first-order valence-corrected chi connectivity index (χ1v) is 6.34. The van der Waals surface area contributed by atoms with E-state index < -0.39 is 6.10 Å². The Labute approximate surface area is 136 Å². The van der Waals surface area contributed by atoms with Crippen LogP contribution in [0.25, 0.3) is 0 Å². The number of carbonyl (C=O) groups is 1. The maximum atomic E-state index is 11.5. The Kier molecular flexibility index (Phi) is 10.1. The number of rotatable bonds is 6. The van der Waals surface area contributed by atoms with Crippen molar-refractivity contribution in [1.29, 1.82) is 0 Å². The van der Waals surface area contributed by atoms with Crippen molar-refractivity contribution in [2.24, 2.45) is 11.8 Å². The SMILES string of the molecule is O=C1CC[C@@H](CO)[C@@H]1CSCC(O)CO.[Ac]. The van der Waals surface area contributed by atoms with Crippen LogP contribution in [0.1, 0.15) is 12.8 Å². The first-order valence-electron chi connectivity index (χ1n) is 5.19. The van der Waals surface area contributed by atoms with Crippen molar-refractivity contribution in [3.05, 3.63) is 0 Å². The van der Waals surface area contributed by atoms with Crippen LogP contribution in [0, 0.1) is 55.9 Å². The number of aliphatic hydroxyl groups is 3. The zero-order valence-corrected chi connectivity index (χ0v) is 14.8. The third-order valence-electron chi connectivity index (χ3n) is 2.80. The third-order valence-corrected chi connectivity index (χ3v) is 4.01. The Morgan fingerprint density at radius 2 is 2.12 bits per heavy atom. The monoisotopic (exact) mass is 461 g/mol. The molecule has 1 radical (unpaired) electrons. The summed E-state index contributed by atoms with van der Waals surface area (Å²) in [6.07, 6.45) is 0.640. The molecule has 0 aliphatic heterocycles. The van der Waals surface area contributed by atoms with E-state index in [-0.39, 0.29) is 74.9 Å². The van der Waals surface area contributed by atoms with Crippen molar-refractivity contribution >= 4 is 17.5 Å².